The summed E-state index contributed by atoms with van der Waals surface area (Å²) in [6, 6.07) is 0. The molecule has 1 fully saturated rings. The summed E-state index contributed by atoms with van der Waals surface area (Å²) in [6.45, 7) is 7.21. The van der Waals surface area contributed by atoms with Gasteiger partial charge in [-0.05, 0) is 6.92 Å². The van der Waals surface area contributed by atoms with Crippen LogP contribution in [0.4, 0.5) is 0 Å². The summed E-state index contributed by atoms with van der Waals surface area (Å²) in [5.74, 6) is -1.45. The van der Waals surface area contributed by atoms with Crippen molar-refractivity contribution in [2.24, 2.45) is 0 Å². The Morgan fingerprint density at radius 1 is 1.67 bits per heavy atom. The largest absolute Gasteiger partial charge is 0.459 e. The summed E-state index contributed by atoms with van der Waals surface area (Å²) in [5, 5.41) is 0. The first-order valence-electron chi connectivity index (χ1n) is 4.66. The second-order valence-corrected chi connectivity index (χ2v) is 3.50. The van der Waals surface area contributed by atoms with E-state index in [0.29, 0.717) is 12.2 Å². The van der Waals surface area contributed by atoms with Gasteiger partial charge in [-0.15, -0.1) is 0 Å². The van der Waals surface area contributed by atoms with Gasteiger partial charge in [-0.3, -0.25) is 0 Å². The van der Waals surface area contributed by atoms with Crippen LogP contribution in [0.1, 0.15) is 13.8 Å². The summed E-state index contributed by atoms with van der Waals surface area (Å²) in [4.78, 5) is 11.1. The van der Waals surface area contributed by atoms with Crippen LogP contribution in [0.15, 0.2) is 12.2 Å². The molecule has 0 N–H and O–H groups in total. The first-order valence-corrected chi connectivity index (χ1v) is 4.66. The van der Waals surface area contributed by atoms with Gasteiger partial charge in [-0.1, -0.05) is 6.58 Å². The van der Waals surface area contributed by atoms with Gasteiger partial charge >= 0.3 is 5.97 Å². The van der Waals surface area contributed by atoms with E-state index in [1.54, 1.807) is 13.8 Å². The Bertz CT molecular complexity index is 263. The molecule has 0 aliphatic carbocycles. The van der Waals surface area contributed by atoms with Crippen molar-refractivity contribution < 1.29 is 23.7 Å². The van der Waals surface area contributed by atoms with Crippen LogP contribution in [0.5, 0.6) is 0 Å². The molecule has 0 saturated carbocycles. The summed E-state index contributed by atoms with van der Waals surface area (Å²) in [5.41, 5.74) is 0.364. The van der Waals surface area contributed by atoms with Gasteiger partial charge in [0.25, 0.3) is 5.97 Å². The lowest BCUT2D eigenvalue weighted by molar-refractivity contribution is -0.314. The molecule has 1 aliphatic heterocycles. The Labute approximate surface area is 88.9 Å². The summed E-state index contributed by atoms with van der Waals surface area (Å²) in [6.07, 6.45) is -0.293. The van der Waals surface area contributed by atoms with Gasteiger partial charge in [0.15, 0.2) is 0 Å². The zero-order chi connectivity index (χ0) is 11.5. The minimum absolute atomic E-state index is 0.143. The molecule has 2 atom stereocenters. The molecule has 5 heteroatoms. The van der Waals surface area contributed by atoms with E-state index in [-0.39, 0.29) is 12.7 Å². The maximum Gasteiger partial charge on any atom is 0.333 e. The first kappa shape index (κ1) is 12.2. The van der Waals surface area contributed by atoms with E-state index >= 15 is 0 Å². The molecule has 0 aromatic carbocycles. The Hall–Kier alpha value is -0.910. The van der Waals surface area contributed by atoms with E-state index in [1.165, 1.54) is 7.11 Å². The SMILES string of the molecule is C=C(C)C(=O)OCC1COC(C)(OC)O1. The average molecular weight is 216 g/mol. The maximum absolute atomic E-state index is 11.1. The van der Waals surface area contributed by atoms with Crippen LogP contribution in [0.2, 0.25) is 0 Å². The second-order valence-electron chi connectivity index (χ2n) is 3.50. The molecule has 5 nitrogen and oxygen atoms in total. The number of carbonyl (C=O) groups is 1. The fourth-order valence-corrected chi connectivity index (χ4v) is 1.10. The predicted octanol–water partition coefficient (Wildman–Crippen LogP) is 0.841. The molecule has 0 bridgehead atoms. The molecule has 1 rings (SSSR count). The van der Waals surface area contributed by atoms with Crippen LogP contribution in [0.25, 0.3) is 0 Å². The van der Waals surface area contributed by atoms with Gasteiger partial charge < -0.3 is 18.9 Å². The minimum atomic E-state index is -1.03. The molecular formula is C10H16O5. The number of hydrogen-bond acceptors (Lipinski definition) is 5. The molecular weight excluding hydrogens is 200 g/mol. The first-order chi connectivity index (χ1) is 6.97. The number of rotatable bonds is 4. The fraction of sp³-hybridized carbons (Fsp3) is 0.700. The Morgan fingerprint density at radius 3 is 2.80 bits per heavy atom. The summed E-state index contributed by atoms with van der Waals surface area (Å²) >= 11 is 0. The molecule has 0 radical (unpaired) electrons. The Balaban J connectivity index is 2.31. The lowest BCUT2D eigenvalue weighted by atomic mass is 10.3. The van der Waals surface area contributed by atoms with Gasteiger partial charge in [0.2, 0.25) is 0 Å². The van der Waals surface area contributed by atoms with E-state index in [0.717, 1.165) is 0 Å². The third kappa shape index (κ3) is 3.30. The van der Waals surface area contributed by atoms with Crippen molar-refractivity contribution >= 4 is 5.97 Å². The zero-order valence-electron chi connectivity index (χ0n) is 9.24. The van der Waals surface area contributed by atoms with E-state index in [4.69, 9.17) is 18.9 Å². The summed E-state index contributed by atoms with van der Waals surface area (Å²) < 4.78 is 20.5. The van der Waals surface area contributed by atoms with Crippen LogP contribution in [-0.2, 0) is 23.7 Å². The highest BCUT2D eigenvalue weighted by molar-refractivity contribution is 5.86. The third-order valence-corrected chi connectivity index (χ3v) is 2.03. The Morgan fingerprint density at radius 2 is 2.33 bits per heavy atom. The topological polar surface area (TPSA) is 54.0 Å². The molecule has 0 amide bonds. The fourth-order valence-electron chi connectivity index (χ4n) is 1.10. The van der Waals surface area contributed by atoms with E-state index in [9.17, 15) is 4.79 Å². The Kier molecular flexibility index (Phi) is 3.84. The second kappa shape index (κ2) is 4.74. The van der Waals surface area contributed by atoms with E-state index < -0.39 is 11.9 Å². The number of esters is 1. The minimum Gasteiger partial charge on any atom is -0.459 e. The highest BCUT2D eigenvalue weighted by Gasteiger charge is 2.38. The lowest BCUT2D eigenvalue weighted by Crippen LogP contribution is -2.30. The van der Waals surface area contributed by atoms with Crippen molar-refractivity contribution in [3.8, 4) is 0 Å². The van der Waals surface area contributed by atoms with Crippen LogP contribution < -0.4 is 0 Å². The van der Waals surface area contributed by atoms with Crippen LogP contribution in [0, 0.1) is 0 Å². The van der Waals surface area contributed by atoms with Crippen LogP contribution in [0.3, 0.4) is 0 Å². The smallest absolute Gasteiger partial charge is 0.333 e. The molecule has 86 valence electrons. The number of methoxy groups -OCH3 is 1. The zero-order valence-corrected chi connectivity index (χ0v) is 9.24. The highest BCUT2D eigenvalue weighted by atomic mass is 16.9. The van der Waals surface area contributed by atoms with E-state index in [1.807, 2.05) is 0 Å². The van der Waals surface area contributed by atoms with Crippen LogP contribution in [-0.4, -0.2) is 38.4 Å². The summed E-state index contributed by atoms with van der Waals surface area (Å²) in [7, 11) is 1.49. The third-order valence-electron chi connectivity index (χ3n) is 2.03. The molecule has 0 aromatic heterocycles. The van der Waals surface area contributed by atoms with Crippen molar-refractivity contribution in [3.05, 3.63) is 12.2 Å². The van der Waals surface area contributed by atoms with Gasteiger partial charge in [-0.2, -0.15) is 0 Å². The molecule has 1 aliphatic rings. The standard InChI is InChI=1S/C10H16O5/c1-7(2)9(11)13-5-8-6-14-10(3,12-4)15-8/h8H,1,5-6H2,2-4H3. The number of hydrogen-bond donors (Lipinski definition) is 0. The number of carbonyl (C=O) groups excluding carboxylic acids is 1. The van der Waals surface area contributed by atoms with Crippen molar-refractivity contribution in [1.82, 2.24) is 0 Å². The van der Waals surface area contributed by atoms with Crippen molar-refractivity contribution in [2.45, 2.75) is 25.9 Å². The van der Waals surface area contributed by atoms with Crippen molar-refractivity contribution in [3.63, 3.8) is 0 Å². The molecule has 0 spiro atoms. The average Bonchev–Trinajstić information content (AvgIpc) is 2.57. The van der Waals surface area contributed by atoms with Crippen molar-refractivity contribution in [2.75, 3.05) is 20.3 Å². The molecule has 0 aromatic rings. The molecule has 1 saturated heterocycles. The maximum atomic E-state index is 11.1. The normalized spacial score (nSPS) is 30.2. The van der Waals surface area contributed by atoms with Gasteiger partial charge in [0, 0.05) is 19.6 Å². The van der Waals surface area contributed by atoms with E-state index in [2.05, 4.69) is 6.58 Å². The molecule has 1 heterocycles. The highest BCUT2D eigenvalue weighted by Crippen LogP contribution is 2.23. The quantitative estimate of drug-likeness (QED) is 0.515. The number of ether oxygens (including phenoxy) is 4. The van der Waals surface area contributed by atoms with Crippen LogP contribution >= 0.6 is 0 Å². The predicted molar refractivity (Wildman–Crippen MR) is 52.0 cm³/mol. The van der Waals surface area contributed by atoms with Gasteiger partial charge in [-0.25, -0.2) is 4.79 Å². The lowest BCUT2D eigenvalue weighted by Gasteiger charge is -2.20. The molecule has 2 unspecified atom stereocenters. The van der Waals surface area contributed by atoms with Gasteiger partial charge in [0.05, 0.1) is 6.61 Å². The molecule has 15 heavy (non-hydrogen) atoms. The monoisotopic (exact) mass is 216 g/mol. The van der Waals surface area contributed by atoms with Gasteiger partial charge in [0.1, 0.15) is 12.7 Å². The van der Waals surface area contributed by atoms with Crippen molar-refractivity contribution in [1.29, 1.82) is 0 Å².